The van der Waals surface area contributed by atoms with Gasteiger partial charge in [0.2, 0.25) is 5.91 Å². The Labute approximate surface area is 176 Å². The molecule has 1 unspecified atom stereocenters. The molecule has 2 aromatic rings. The van der Waals surface area contributed by atoms with E-state index in [1.165, 1.54) is 0 Å². The lowest BCUT2D eigenvalue weighted by Crippen LogP contribution is -2.59. The number of carbonyl (C=O) groups excluding carboxylic acids is 1. The quantitative estimate of drug-likeness (QED) is 0.743. The minimum Gasteiger partial charge on any atom is -0.497 e. The Balaban J connectivity index is 1.22. The van der Waals surface area contributed by atoms with Gasteiger partial charge in [-0.1, -0.05) is 5.21 Å². The molecule has 30 heavy (non-hydrogen) atoms. The summed E-state index contributed by atoms with van der Waals surface area (Å²) in [7, 11) is 1.66. The summed E-state index contributed by atoms with van der Waals surface area (Å²) in [5.74, 6) is 1.77. The first kappa shape index (κ1) is 19.5. The molecule has 8 nitrogen and oxygen atoms in total. The van der Waals surface area contributed by atoms with Gasteiger partial charge in [-0.2, -0.15) is 0 Å². The molecule has 5 heterocycles. The average molecular weight is 412 g/mol. The molecular formula is C22H29N5O3. The van der Waals surface area contributed by atoms with E-state index < -0.39 is 0 Å². The number of morpholine rings is 1. The molecule has 160 valence electrons. The molecule has 4 aliphatic rings. The minimum atomic E-state index is 0.138. The van der Waals surface area contributed by atoms with Gasteiger partial charge in [0, 0.05) is 31.2 Å². The molecule has 0 aliphatic carbocycles. The van der Waals surface area contributed by atoms with Crippen molar-refractivity contribution in [2.45, 2.75) is 25.4 Å². The van der Waals surface area contributed by atoms with Gasteiger partial charge in [0.1, 0.15) is 11.4 Å². The monoisotopic (exact) mass is 411 g/mol. The van der Waals surface area contributed by atoms with E-state index in [1.807, 2.05) is 40.0 Å². The van der Waals surface area contributed by atoms with E-state index in [1.54, 1.807) is 7.11 Å². The van der Waals surface area contributed by atoms with Crippen LogP contribution in [0.4, 0.5) is 0 Å². The topological polar surface area (TPSA) is 72.7 Å². The van der Waals surface area contributed by atoms with E-state index in [4.69, 9.17) is 9.47 Å². The van der Waals surface area contributed by atoms with Crippen molar-refractivity contribution in [3.8, 4) is 17.0 Å². The summed E-state index contributed by atoms with van der Waals surface area (Å²) >= 11 is 0. The summed E-state index contributed by atoms with van der Waals surface area (Å²) in [6, 6.07) is 8.29. The van der Waals surface area contributed by atoms with Crippen LogP contribution in [0.3, 0.4) is 0 Å². The highest BCUT2D eigenvalue weighted by Crippen LogP contribution is 2.38. The highest BCUT2D eigenvalue weighted by molar-refractivity contribution is 5.79. The Morgan fingerprint density at radius 3 is 2.70 bits per heavy atom. The molecular weight excluding hydrogens is 382 g/mol. The molecule has 0 N–H and O–H groups in total. The van der Waals surface area contributed by atoms with E-state index in [2.05, 4.69) is 15.2 Å². The fourth-order valence-corrected chi connectivity index (χ4v) is 5.12. The Kier molecular flexibility index (Phi) is 5.43. The molecule has 1 amide bonds. The first-order chi connectivity index (χ1) is 14.7. The SMILES string of the molecule is COc1ccc(-c2cn(C[C@H]3C[C@@H]4CCN3C[C@@H]4C(=O)N3CCOCC3)nn2)cc1. The van der Waals surface area contributed by atoms with Crippen LogP contribution in [-0.2, 0) is 16.1 Å². The van der Waals surface area contributed by atoms with Crippen LogP contribution >= 0.6 is 0 Å². The second-order valence-electron chi connectivity index (χ2n) is 8.53. The molecule has 8 heteroatoms. The number of hydrogen-bond donors (Lipinski definition) is 0. The zero-order valence-corrected chi connectivity index (χ0v) is 17.4. The molecule has 0 radical (unpaired) electrons. The van der Waals surface area contributed by atoms with Crippen molar-refractivity contribution in [3.63, 3.8) is 0 Å². The number of aromatic nitrogens is 3. The van der Waals surface area contributed by atoms with Gasteiger partial charge in [-0.15, -0.1) is 5.10 Å². The summed E-state index contributed by atoms with van der Waals surface area (Å²) in [4.78, 5) is 17.5. The smallest absolute Gasteiger partial charge is 0.227 e. The number of ether oxygens (including phenoxy) is 2. The van der Waals surface area contributed by atoms with Crippen LogP contribution in [0.2, 0.25) is 0 Å². The summed E-state index contributed by atoms with van der Waals surface area (Å²) in [5, 5.41) is 8.71. The molecule has 1 aromatic carbocycles. The first-order valence-electron chi connectivity index (χ1n) is 10.9. The van der Waals surface area contributed by atoms with Gasteiger partial charge in [0.25, 0.3) is 0 Å². The lowest BCUT2D eigenvalue weighted by molar-refractivity contribution is -0.148. The summed E-state index contributed by atoms with van der Waals surface area (Å²) in [5.41, 5.74) is 1.90. The van der Waals surface area contributed by atoms with Crippen molar-refractivity contribution >= 4 is 5.91 Å². The Bertz CT molecular complexity index is 877. The van der Waals surface area contributed by atoms with Crippen LogP contribution in [-0.4, -0.2) is 83.2 Å². The number of piperidine rings is 3. The lowest BCUT2D eigenvalue weighted by Gasteiger charge is -2.50. The maximum absolute atomic E-state index is 13.0. The summed E-state index contributed by atoms with van der Waals surface area (Å²) < 4.78 is 12.6. The predicted octanol–water partition coefficient (Wildman–Crippen LogP) is 1.52. The molecule has 2 bridgehead atoms. The molecule has 1 aromatic heterocycles. The van der Waals surface area contributed by atoms with E-state index in [-0.39, 0.29) is 5.92 Å². The van der Waals surface area contributed by atoms with E-state index in [0.29, 0.717) is 31.1 Å². The molecule has 4 fully saturated rings. The van der Waals surface area contributed by atoms with Crippen LogP contribution in [0, 0.1) is 11.8 Å². The summed E-state index contributed by atoms with van der Waals surface area (Å²) in [6.45, 7) is 5.56. The number of rotatable bonds is 5. The van der Waals surface area contributed by atoms with Crippen molar-refractivity contribution in [2.24, 2.45) is 11.8 Å². The van der Waals surface area contributed by atoms with E-state index in [0.717, 1.165) is 62.6 Å². The second kappa shape index (κ2) is 8.35. The average Bonchev–Trinajstić information content (AvgIpc) is 3.28. The molecule has 4 saturated heterocycles. The minimum absolute atomic E-state index is 0.138. The van der Waals surface area contributed by atoms with Gasteiger partial charge in [-0.05, 0) is 49.6 Å². The molecule has 0 saturated carbocycles. The normalized spacial score (nSPS) is 28.5. The number of methoxy groups -OCH3 is 1. The van der Waals surface area contributed by atoms with Gasteiger partial charge in [-0.3, -0.25) is 14.4 Å². The largest absolute Gasteiger partial charge is 0.497 e. The lowest BCUT2D eigenvalue weighted by atomic mass is 9.75. The Hall–Kier alpha value is -2.45. The first-order valence-corrected chi connectivity index (χ1v) is 10.9. The number of amides is 1. The number of fused-ring (bicyclic) bond motifs is 3. The van der Waals surface area contributed by atoms with Crippen LogP contribution in [0.25, 0.3) is 11.3 Å². The van der Waals surface area contributed by atoms with Gasteiger partial charge in [-0.25, -0.2) is 0 Å². The van der Waals surface area contributed by atoms with Crippen molar-refractivity contribution in [1.82, 2.24) is 24.8 Å². The number of benzene rings is 1. The zero-order valence-electron chi connectivity index (χ0n) is 17.4. The molecule has 4 aliphatic heterocycles. The molecule has 4 atom stereocenters. The Morgan fingerprint density at radius 1 is 1.20 bits per heavy atom. The fraction of sp³-hybridized carbons (Fsp3) is 0.591. The standard InChI is InChI=1S/C22H29N5O3/c1-29-19-4-2-16(3-5-19)21-15-27(24-23-21)13-18-12-17-6-7-26(18)14-20(17)22(28)25-8-10-30-11-9-25/h2-5,15,17-18,20H,6-14H2,1H3/t17-,18+,20-/m0/s1. The van der Waals surface area contributed by atoms with Gasteiger partial charge in [0.15, 0.2) is 0 Å². The van der Waals surface area contributed by atoms with Crippen molar-refractivity contribution in [1.29, 1.82) is 0 Å². The number of carbonyl (C=O) groups is 1. The highest BCUT2D eigenvalue weighted by atomic mass is 16.5. The van der Waals surface area contributed by atoms with Gasteiger partial charge < -0.3 is 14.4 Å². The summed E-state index contributed by atoms with van der Waals surface area (Å²) in [6.07, 6.45) is 4.19. The molecule has 6 rings (SSSR count). The van der Waals surface area contributed by atoms with E-state index in [9.17, 15) is 4.79 Å². The third-order valence-electron chi connectivity index (χ3n) is 6.84. The molecule has 0 spiro atoms. The maximum Gasteiger partial charge on any atom is 0.227 e. The van der Waals surface area contributed by atoms with Crippen molar-refractivity contribution in [3.05, 3.63) is 30.5 Å². The zero-order chi connectivity index (χ0) is 20.5. The van der Waals surface area contributed by atoms with Gasteiger partial charge in [0.05, 0.1) is 39.0 Å². The fourth-order valence-electron chi connectivity index (χ4n) is 5.12. The van der Waals surface area contributed by atoms with Gasteiger partial charge >= 0.3 is 0 Å². The third kappa shape index (κ3) is 3.81. The number of nitrogens with zero attached hydrogens (tertiary/aromatic N) is 5. The maximum atomic E-state index is 13.0. The van der Waals surface area contributed by atoms with Crippen LogP contribution in [0.15, 0.2) is 30.5 Å². The third-order valence-corrected chi connectivity index (χ3v) is 6.84. The second-order valence-corrected chi connectivity index (χ2v) is 8.53. The van der Waals surface area contributed by atoms with Crippen molar-refractivity contribution in [2.75, 3.05) is 46.5 Å². The predicted molar refractivity (Wildman–Crippen MR) is 111 cm³/mol. The van der Waals surface area contributed by atoms with Crippen LogP contribution in [0.5, 0.6) is 5.75 Å². The highest BCUT2D eigenvalue weighted by Gasteiger charge is 2.44. The van der Waals surface area contributed by atoms with E-state index >= 15 is 0 Å². The van der Waals surface area contributed by atoms with Crippen LogP contribution < -0.4 is 4.74 Å². The van der Waals surface area contributed by atoms with Crippen molar-refractivity contribution < 1.29 is 14.3 Å². The van der Waals surface area contributed by atoms with Crippen LogP contribution in [0.1, 0.15) is 12.8 Å². The number of hydrogen-bond acceptors (Lipinski definition) is 6. The Morgan fingerprint density at radius 2 is 2.00 bits per heavy atom.